The van der Waals surface area contributed by atoms with E-state index in [4.69, 9.17) is 14.6 Å². The number of nitrogens with two attached hydrogens (primary N) is 1. The summed E-state index contributed by atoms with van der Waals surface area (Å²) in [6.45, 7) is -2.36. The van der Waals surface area contributed by atoms with Gasteiger partial charge in [-0.1, -0.05) is 0 Å². The van der Waals surface area contributed by atoms with E-state index in [0.717, 1.165) is 11.0 Å². The fourth-order valence-electron chi connectivity index (χ4n) is 1.24. The van der Waals surface area contributed by atoms with Crippen molar-refractivity contribution in [1.29, 1.82) is 0 Å². The molecule has 0 fully saturated rings. The molecule has 0 amide bonds. The number of anilines is 1. The van der Waals surface area contributed by atoms with Gasteiger partial charge in [0.05, 0.1) is 12.7 Å². The Labute approximate surface area is 90.9 Å². The van der Waals surface area contributed by atoms with Crippen LogP contribution in [0.4, 0.5) is 5.82 Å². The molecule has 0 aliphatic heterocycles. The van der Waals surface area contributed by atoms with Gasteiger partial charge < -0.3 is 10.5 Å². The summed E-state index contributed by atoms with van der Waals surface area (Å²) in [5, 5.41) is 3.88. The van der Waals surface area contributed by atoms with E-state index in [-0.39, 0.29) is 11.6 Å². The molecule has 78 valence electrons. The summed E-state index contributed by atoms with van der Waals surface area (Å²) < 4.78 is 27.6. The fraction of sp³-hybridized carbons (Fsp3) is 0.222. The minimum Gasteiger partial charge on any atom is -0.492 e. The summed E-state index contributed by atoms with van der Waals surface area (Å²) in [6.07, 6.45) is 2.61. The third kappa shape index (κ3) is 1.61. The van der Waals surface area contributed by atoms with E-state index < -0.39 is 6.98 Å². The Morgan fingerprint density at radius 2 is 2.40 bits per heavy atom. The lowest BCUT2D eigenvalue weighted by atomic mass is 10.2. The average molecular weight is 208 g/mol. The zero-order valence-corrected chi connectivity index (χ0v) is 8.01. The van der Waals surface area contributed by atoms with Crippen molar-refractivity contribution < 1.29 is 8.85 Å². The number of aryl methyl sites for hydroxylation is 1. The molecule has 2 heterocycles. The molecule has 0 unspecified atom stereocenters. The summed E-state index contributed by atoms with van der Waals surface area (Å²) in [5.41, 5.74) is 6.15. The molecule has 0 saturated heterocycles. The van der Waals surface area contributed by atoms with E-state index in [9.17, 15) is 0 Å². The summed E-state index contributed by atoms with van der Waals surface area (Å²) >= 11 is 0. The van der Waals surface area contributed by atoms with Crippen molar-refractivity contribution in [2.45, 2.75) is 0 Å². The second-order valence-corrected chi connectivity index (χ2v) is 2.79. The predicted molar refractivity (Wildman–Crippen MR) is 55.2 cm³/mol. The number of hydrogen-bond acceptors (Lipinski definition) is 5. The Kier molecular flexibility index (Phi) is 1.52. The average Bonchev–Trinajstić information content (AvgIpc) is 2.77. The molecule has 6 heteroatoms. The quantitative estimate of drug-likeness (QED) is 0.776. The number of rotatable bonds is 2. The van der Waals surface area contributed by atoms with Crippen LogP contribution in [-0.2, 0) is 6.98 Å². The van der Waals surface area contributed by atoms with Crippen molar-refractivity contribution in [3.63, 3.8) is 0 Å². The molecular weight excluding hydrogens is 194 g/mol. The van der Waals surface area contributed by atoms with Gasteiger partial charge in [0.2, 0.25) is 0 Å². The van der Waals surface area contributed by atoms with Crippen LogP contribution in [-0.4, -0.2) is 26.9 Å². The normalized spacial score (nSPS) is 14.1. The Hall–Kier alpha value is -2.11. The van der Waals surface area contributed by atoms with Crippen LogP contribution in [0.1, 0.15) is 4.11 Å². The number of ether oxygens (including phenoxy) is 1. The lowest BCUT2D eigenvalue weighted by Crippen LogP contribution is -1.98. The van der Waals surface area contributed by atoms with Crippen LogP contribution in [0.3, 0.4) is 0 Å². The molecule has 0 saturated carbocycles. The minimum absolute atomic E-state index is 0.195. The van der Waals surface area contributed by atoms with Crippen LogP contribution < -0.4 is 10.5 Å². The Balaban J connectivity index is 2.50. The molecule has 2 aromatic rings. The highest BCUT2D eigenvalue weighted by atomic mass is 16.5. The van der Waals surface area contributed by atoms with Gasteiger partial charge in [0, 0.05) is 17.3 Å². The molecule has 2 N–H and O–H groups in total. The van der Waals surface area contributed by atoms with E-state index in [2.05, 4.69) is 15.1 Å². The van der Waals surface area contributed by atoms with Gasteiger partial charge in [-0.25, -0.2) is 9.97 Å². The van der Waals surface area contributed by atoms with Gasteiger partial charge in [0.1, 0.15) is 6.33 Å². The van der Waals surface area contributed by atoms with Crippen molar-refractivity contribution in [1.82, 2.24) is 19.7 Å². The van der Waals surface area contributed by atoms with Crippen molar-refractivity contribution in [3.8, 4) is 17.1 Å². The molecule has 0 bridgehead atoms. The Bertz CT molecular complexity index is 566. The van der Waals surface area contributed by atoms with Crippen molar-refractivity contribution >= 4 is 5.82 Å². The monoisotopic (exact) mass is 208 g/mol. The molecule has 6 nitrogen and oxygen atoms in total. The predicted octanol–water partition coefficient (Wildman–Crippen LogP) is 0.468. The standard InChI is InChI=1S/C9H11N5O/c1-14-5-12-9(13-14)6-3-4-11-8(10)7(6)15-2/h3-5H,1-2H3,(H2,10,11)/i1D3. The van der Waals surface area contributed by atoms with E-state index >= 15 is 0 Å². The van der Waals surface area contributed by atoms with E-state index in [1.807, 2.05) is 0 Å². The molecule has 2 aromatic heterocycles. The maximum Gasteiger partial charge on any atom is 0.185 e. The Morgan fingerprint density at radius 3 is 3.07 bits per heavy atom. The SMILES string of the molecule is [2H]C([2H])([2H])n1cnc(-c2ccnc(N)c2OC)n1. The van der Waals surface area contributed by atoms with Crippen LogP contribution in [0.25, 0.3) is 11.4 Å². The summed E-state index contributed by atoms with van der Waals surface area (Å²) in [6, 6.07) is 1.61. The first-order valence-corrected chi connectivity index (χ1v) is 4.14. The maximum atomic E-state index is 7.21. The van der Waals surface area contributed by atoms with Gasteiger partial charge in [-0.2, -0.15) is 5.10 Å². The first-order valence-electron chi connectivity index (χ1n) is 5.64. The van der Waals surface area contributed by atoms with E-state index in [1.54, 1.807) is 6.07 Å². The molecule has 0 aliphatic carbocycles. The van der Waals surface area contributed by atoms with E-state index in [1.165, 1.54) is 13.3 Å². The van der Waals surface area contributed by atoms with Crippen molar-refractivity contribution in [2.24, 2.45) is 6.98 Å². The smallest absolute Gasteiger partial charge is 0.185 e. The summed E-state index contributed by atoms with van der Waals surface area (Å²) in [4.78, 5) is 7.80. The van der Waals surface area contributed by atoms with Gasteiger partial charge in [-0.15, -0.1) is 0 Å². The zero-order valence-electron chi connectivity index (χ0n) is 11.0. The first-order chi connectivity index (χ1) is 8.43. The second kappa shape index (κ2) is 3.56. The zero-order chi connectivity index (χ0) is 13.3. The fourth-order valence-corrected chi connectivity index (χ4v) is 1.24. The number of hydrogen-bond donors (Lipinski definition) is 1. The van der Waals surface area contributed by atoms with Gasteiger partial charge >= 0.3 is 0 Å². The molecule has 0 aliphatic rings. The number of aromatic nitrogens is 4. The van der Waals surface area contributed by atoms with Gasteiger partial charge in [-0.05, 0) is 6.07 Å². The van der Waals surface area contributed by atoms with Gasteiger partial charge in [0.25, 0.3) is 0 Å². The number of methoxy groups -OCH3 is 1. The minimum atomic E-state index is -2.36. The number of pyridine rings is 1. The van der Waals surface area contributed by atoms with Crippen LogP contribution >= 0.6 is 0 Å². The highest BCUT2D eigenvalue weighted by Gasteiger charge is 2.12. The molecular formula is C9H11N5O. The second-order valence-electron chi connectivity index (χ2n) is 2.79. The van der Waals surface area contributed by atoms with Gasteiger partial charge in [0.15, 0.2) is 17.4 Å². The first kappa shape index (κ1) is 6.39. The summed E-state index contributed by atoms with van der Waals surface area (Å²) in [5.74, 6) is 0.734. The number of nitrogen functional groups attached to an aromatic ring is 1. The Morgan fingerprint density at radius 1 is 1.53 bits per heavy atom. The highest BCUT2D eigenvalue weighted by Crippen LogP contribution is 2.30. The van der Waals surface area contributed by atoms with E-state index in [0.29, 0.717) is 11.3 Å². The lowest BCUT2D eigenvalue weighted by Gasteiger charge is -2.06. The molecule has 15 heavy (non-hydrogen) atoms. The lowest BCUT2D eigenvalue weighted by molar-refractivity contribution is 0.417. The van der Waals surface area contributed by atoms with Crippen LogP contribution in [0.5, 0.6) is 5.75 Å². The molecule has 0 atom stereocenters. The highest BCUT2D eigenvalue weighted by molar-refractivity contribution is 5.70. The molecule has 0 spiro atoms. The largest absolute Gasteiger partial charge is 0.492 e. The van der Waals surface area contributed by atoms with Crippen molar-refractivity contribution in [3.05, 3.63) is 18.6 Å². The third-order valence-electron chi connectivity index (χ3n) is 1.87. The molecule has 2 rings (SSSR count). The maximum absolute atomic E-state index is 7.21. The van der Waals surface area contributed by atoms with Crippen LogP contribution in [0.2, 0.25) is 0 Å². The third-order valence-corrected chi connectivity index (χ3v) is 1.87. The van der Waals surface area contributed by atoms with Crippen LogP contribution in [0.15, 0.2) is 18.6 Å². The van der Waals surface area contributed by atoms with Crippen LogP contribution in [0, 0.1) is 0 Å². The summed E-state index contributed by atoms with van der Waals surface area (Å²) in [7, 11) is 1.44. The molecule has 0 aromatic carbocycles. The van der Waals surface area contributed by atoms with Crippen molar-refractivity contribution in [2.75, 3.05) is 12.8 Å². The topological polar surface area (TPSA) is 78.9 Å². The van der Waals surface area contributed by atoms with Gasteiger partial charge in [-0.3, -0.25) is 4.68 Å². The number of nitrogens with zero attached hydrogens (tertiary/aromatic N) is 4. The molecule has 0 radical (unpaired) electrons.